The zero-order valence-corrected chi connectivity index (χ0v) is 15.8. The van der Waals surface area contributed by atoms with Crippen LogP contribution in [0.1, 0.15) is 17.4 Å². The summed E-state index contributed by atoms with van der Waals surface area (Å²) >= 11 is 5.99. The second-order valence-corrected chi connectivity index (χ2v) is 6.45. The molecule has 0 saturated carbocycles. The Balaban J connectivity index is 1.71. The SMILES string of the molecule is CCN(CC(=O)Nc1cccc(OC)c1)C(=O)c1cc2cc(Cl)ccc2[nH]1. The first-order valence-corrected chi connectivity index (χ1v) is 8.89. The quantitative estimate of drug-likeness (QED) is 0.675. The van der Waals surface area contributed by atoms with Crippen LogP contribution in [-0.4, -0.2) is 41.9 Å². The van der Waals surface area contributed by atoms with E-state index in [9.17, 15) is 9.59 Å². The van der Waals surface area contributed by atoms with Gasteiger partial charge in [-0.1, -0.05) is 17.7 Å². The average Bonchev–Trinajstić information content (AvgIpc) is 3.08. The van der Waals surface area contributed by atoms with E-state index in [-0.39, 0.29) is 18.4 Å². The molecule has 0 radical (unpaired) electrons. The summed E-state index contributed by atoms with van der Waals surface area (Å²) in [7, 11) is 1.56. The van der Waals surface area contributed by atoms with Crippen molar-refractivity contribution in [2.45, 2.75) is 6.92 Å². The maximum atomic E-state index is 12.8. The normalized spacial score (nSPS) is 10.6. The third-order valence-electron chi connectivity index (χ3n) is 4.17. The Morgan fingerprint density at radius 3 is 2.74 bits per heavy atom. The summed E-state index contributed by atoms with van der Waals surface area (Å²) in [5.41, 5.74) is 1.85. The van der Waals surface area contributed by atoms with E-state index >= 15 is 0 Å². The fourth-order valence-corrected chi connectivity index (χ4v) is 2.97. The number of rotatable bonds is 6. The van der Waals surface area contributed by atoms with Crippen LogP contribution in [0.25, 0.3) is 10.9 Å². The first kappa shape index (κ1) is 18.8. The average molecular weight is 386 g/mol. The number of hydrogen-bond acceptors (Lipinski definition) is 3. The number of aromatic amines is 1. The van der Waals surface area contributed by atoms with E-state index in [4.69, 9.17) is 16.3 Å². The lowest BCUT2D eigenvalue weighted by atomic mass is 10.2. The molecule has 0 aliphatic heterocycles. The molecule has 0 fully saturated rings. The number of aromatic nitrogens is 1. The van der Waals surface area contributed by atoms with Crippen LogP contribution in [0.5, 0.6) is 5.75 Å². The van der Waals surface area contributed by atoms with E-state index in [2.05, 4.69) is 10.3 Å². The number of nitrogens with zero attached hydrogens (tertiary/aromatic N) is 1. The molecule has 3 aromatic rings. The molecule has 6 nitrogen and oxygen atoms in total. The van der Waals surface area contributed by atoms with Gasteiger partial charge in [-0.25, -0.2) is 0 Å². The van der Waals surface area contributed by atoms with Gasteiger partial charge in [-0.2, -0.15) is 0 Å². The van der Waals surface area contributed by atoms with Crippen molar-refractivity contribution < 1.29 is 14.3 Å². The predicted octanol–water partition coefficient (Wildman–Crippen LogP) is 3.93. The van der Waals surface area contributed by atoms with Crippen molar-refractivity contribution in [3.63, 3.8) is 0 Å². The molecule has 0 unspecified atom stereocenters. The van der Waals surface area contributed by atoms with Gasteiger partial charge in [0.2, 0.25) is 5.91 Å². The Kier molecular flexibility index (Phi) is 5.66. The molecule has 0 aliphatic rings. The molecule has 1 aromatic heterocycles. The number of carbonyl (C=O) groups is 2. The molecule has 7 heteroatoms. The first-order chi connectivity index (χ1) is 13.0. The summed E-state index contributed by atoms with van der Waals surface area (Å²) in [6, 6.07) is 14.2. The maximum Gasteiger partial charge on any atom is 0.270 e. The van der Waals surface area contributed by atoms with Crippen LogP contribution in [0, 0.1) is 0 Å². The third-order valence-corrected chi connectivity index (χ3v) is 4.41. The molecule has 0 spiro atoms. The zero-order valence-electron chi connectivity index (χ0n) is 15.1. The van der Waals surface area contributed by atoms with Gasteiger partial charge < -0.3 is 19.9 Å². The maximum absolute atomic E-state index is 12.8. The van der Waals surface area contributed by atoms with Crippen molar-refractivity contribution in [1.29, 1.82) is 0 Å². The summed E-state index contributed by atoms with van der Waals surface area (Å²) in [4.78, 5) is 29.7. The van der Waals surface area contributed by atoms with Gasteiger partial charge in [-0.05, 0) is 43.3 Å². The molecule has 0 aliphatic carbocycles. The topological polar surface area (TPSA) is 74.4 Å². The zero-order chi connectivity index (χ0) is 19.4. The molecule has 1 heterocycles. The largest absolute Gasteiger partial charge is 0.497 e. The molecule has 2 N–H and O–H groups in total. The summed E-state index contributed by atoms with van der Waals surface area (Å²) < 4.78 is 5.14. The fourth-order valence-electron chi connectivity index (χ4n) is 2.79. The monoisotopic (exact) mass is 385 g/mol. The third kappa shape index (κ3) is 4.41. The Labute approximate surface area is 162 Å². The van der Waals surface area contributed by atoms with Crippen LogP contribution in [0.4, 0.5) is 5.69 Å². The number of amides is 2. The minimum atomic E-state index is -0.280. The van der Waals surface area contributed by atoms with Crippen molar-refractivity contribution in [3.8, 4) is 5.75 Å². The van der Waals surface area contributed by atoms with Crippen LogP contribution in [0.3, 0.4) is 0 Å². The van der Waals surface area contributed by atoms with Gasteiger partial charge >= 0.3 is 0 Å². The van der Waals surface area contributed by atoms with Crippen LogP contribution < -0.4 is 10.1 Å². The second kappa shape index (κ2) is 8.14. The number of halogens is 1. The molecule has 27 heavy (non-hydrogen) atoms. The number of nitrogens with one attached hydrogen (secondary N) is 2. The van der Waals surface area contributed by atoms with Crippen molar-refractivity contribution in [2.24, 2.45) is 0 Å². The molecule has 0 bridgehead atoms. The van der Waals surface area contributed by atoms with Crippen LogP contribution in [0.2, 0.25) is 5.02 Å². The number of ether oxygens (including phenoxy) is 1. The molecule has 0 saturated heterocycles. The summed E-state index contributed by atoms with van der Waals surface area (Å²) in [5, 5.41) is 4.23. The number of likely N-dealkylation sites (N-methyl/N-ethyl adjacent to an activating group) is 1. The van der Waals surface area contributed by atoms with E-state index in [0.29, 0.717) is 28.7 Å². The van der Waals surface area contributed by atoms with E-state index in [1.807, 2.05) is 13.0 Å². The van der Waals surface area contributed by atoms with E-state index in [0.717, 1.165) is 10.9 Å². The van der Waals surface area contributed by atoms with Gasteiger partial charge in [0.05, 0.1) is 7.11 Å². The van der Waals surface area contributed by atoms with E-state index < -0.39 is 0 Å². The highest BCUT2D eigenvalue weighted by Gasteiger charge is 2.19. The second-order valence-electron chi connectivity index (χ2n) is 6.01. The van der Waals surface area contributed by atoms with Gasteiger partial charge in [0.25, 0.3) is 5.91 Å². The number of methoxy groups -OCH3 is 1. The lowest BCUT2D eigenvalue weighted by Gasteiger charge is -2.19. The van der Waals surface area contributed by atoms with Gasteiger partial charge in [-0.3, -0.25) is 9.59 Å². The minimum Gasteiger partial charge on any atom is -0.497 e. The molecule has 3 rings (SSSR count). The molecule has 2 amide bonds. The smallest absolute Gasteiger partial charge is 0.270 e. The summed E-state index contributed by atoms with van der Waals surface area (Å²) in [5.74, 6) is 0.121. The Morgan fingerprint density at radius 2 is 2.00 bits per heavy atom. The Bertz CT molecular complexity index is 984. The highest BCUT2D eigenvalue weighted by Crippen LogP contribution is 2.21. The van der Waals surface area contributed by atoms with Crippen LogP contribution >= 0.6 is 11.6 Å². The van der Waals surface area contributed by atoms with Gasteiger partial charge in [-0.15, -0.1) is 0 Å². The lowest BCUT2D eigenvalue weighted by Crippen LogP contribution is -2.38. The lowest BCUT2D eigenvalue weighted by molar-refractivity contribution is -0.116. The van der Waals surface area contributed by atoms with Crippen LogP contribution in [-0.2, 0) is 4.79 Å². The standard InChI is InChI=1S/C20H20ClN3O3/c1-3-24(12-19(25)22-15-5-4-6-16(11-15)27-2)20(26)18-10-13-9-14(21)7-8-17(13)23-18/h4-11,23H,3,12H2,1-2H3,(H,22,25). The van der Waals surface area contributed by atoms with Gasteiger partial charge in [0.1, 0.15) is 18.0 Å². The number of anilines is 1. The highest BCUT2D eigenvalue weighted by atomic mass is 35.5. The number of hydrogen-bond donors (Lipinski definition) is 2. The van der Waals surface area contributed by atoms with Crippen molar-refractivity contribution in [1.82, 2.24) is 9.88 Å². The fraction of sp³-hybridized carbons (Fsp3) is 0.200. The van der Waals surface area contributed by atoms with Gasteiger partial charge in [0.15, 0.2) is 0 Å². The van der Waals surface area contributed by atoms with E-state index in [1.54, 1.807) is 49.6 Å². The number of benzene rings is 2. The van der Waals surface area contributed by atoms with E-state index in [1.165, 1.54) is 4.90 Å². The predicted molar refractivity (Wildman–Crippen MR) is 107 cm³/mol. The number of H-pyrrole nitrogens is 1. The van der Waals surface area contributed by atoms with Gasteiger partial charge in [0, 0.05) is 34.2 Å². The summed E-state index contributed by atoms with van der Waals surface area (Å²) in [6.45, 7) is 2.18. The molecular formula is C20H20ClN3O3. The first-order valence-electron chi connectivity index (χ1n) is 8.51. The van der Waals surface area contributed by atoms with Crippen molar-refractivity contribution in [3.05, 3.63) is 59.2 Å². The number of carbonyl (C=O) groups excluding carboxylic acids is 2. The summed E-state index contributed by atoms with van der Waals surface area (Å²) in [6.07, 6.45) is 0. The van der Waals surface area contributed by atoms with Crippen molar-refractivity contribution >= 4 is 40.0 Å². The highest BCUT2D eigenvalue weighted by molar-refractivity contribution is 6.31. The van der Waals surface area contributed by atoms with Crippen molar-refractivity contribution in [2.75, 3.05) is 25.5 Å². The van der Waals surface area contributed by atoms with Crippen LogP contribution in [0.15, 0.2) is 48.5 Å². The molecule has 2 aromatic carbocycles. The number of fused-ring (bicyclic) bond motifs is 1. The minimum absolute atomic E-state index is 0.0529. The molecule has 0 atom stereocenters. The Morgan fingerprint density at radius 1 is 1.19 bits per heavy atom. The Hall–Kier alpha value is -2.99. The molecular weight excluding hydrogens is 366 g/mol. The molecule has 140 valence electrons.